The Morgan fingerprint density at radius 3 is 2.17 bits per heavy atom. The van der Waals surface area contributed by atoms with Crippen molar-refractivity contribution in [2.75, 3.05) is 0 Å². The fourth-order valence-electron chi connectivity index (χ4n) is 3.97. The van der Waals surface area contributed by atoms with Crippen molar-refractivity contribution in [2.24, 2.45) is 0 Å². The molecule has 5 aromatic rings. The van der Waals surface area contributed by atoms with Crippen LogP contribution in [0.25, 0.3) is 43.7 Å². The smallest absolute Gasteiger partial charge is 0.159 e. The van der Waals surface area contributed by atoms with E-state index >= 15 is 0 Å². The minimum Gasteiger partial charge on any atom is -0.461 e. The lowest BCUT2D eigenvalue weighted by Gasteiger charge is -2.11. The van der Waals surface area contributed by atoms with Gasteiger partial charge in [0, 0.05) is 20.7 Å². The second-order valence-electron chi connectivity index (χ2n) is 7.29. The molecule has 0 aliphatic heterocycles. The summed E-state index contributed by atoms with van der Waals surface area (Å²) in [6.45, 7) is 3.87. The quantitative estimate of drug-likeness (QED) is 0.288. The van der Waals surface area contributed by atoms with Gasteiger partial charge >= 0.3 is 0 Å². The Balaban J connectivity index is 1.78. The molecular weight excluding hydrogens is 398 g/mol. The van der Waals surface area contributed by atoms with Crippen LogP contribution in [0.3, 0.4) is 0 Å². The van der Waals surface area contributed by atoms with Gasteiger partial charge in [-0.3, -0.25) is 0 Å². The van der Waals surface area contributed by atoms with E-state index in [1.54, 1.807) is 11.3 Å². The maximum absolute atomic E-state index is 14.4. The molecule has 0 amide bonds. The summed E-state index contributed by atoms with van der Waals surface area (Å²) in [5.41, 5.74) is 4.83. The molecule has 1 nitrogen and oxygen atoms in total. The number of halogens is 2. The minimum absolute atomic E-state index is 0.636. The highest BCUT2D eigenvalue weighted by atomic mass is 32.1. The number of furan rings is 1. The molecule has 0 saturated carbocycles. The number of rotatable bonds is 3. The van der Waals surface area contributed by atoms with Crippen LogP contribution in [0.15, 0.2) is 77.2 Å². The van der Waals surface area contributed by atoms with Crippen LogP contribution in [0.1, 0.15) is 10.6 Å². The van der Waals surface area contributed by atoms with Gasteiger partial charge < -0.3 is 4.42 Å². The molecule has 0 unspecified atom stereocenters. The van der Waals surface area contributed by atoms with Crippen molar-refractivity contribution < 1.29 is 13.2 Å². The van der Waals surface area contributed by atoms with Crippen molar-refractivity contribution >= 4 is 22.3 Å². The number of para-hydroxylation sites is 1. The van der Waals surface area contributed by atoms with Crippen LogP contribution in [0.2, 0.25) is 0 Å². The van der Waals surface area contributed by atoms with Crippen molar-refractivity contribution in [3.05, 3.63) is 95.1 Å². The third kappa shape index (κ3) is 3.04. The number of fused-ring (bicyclic) bond motifs is 1. The first-order chi connectivity index (χ1) is 14.5. The molecule has 2 heterocycles. The lowest BCUT2D eigenvalue weighted by atomic mass is 9.92. The SMILES string of the molecule is Cc1oc2ccccc2c1-c1cc(F)c(F)cc1-c1cc(-c2ccccc2)sc1C. The van der Waals surface area contributed by atoms with Gasteiger partial charge in [-0.2, -0.15) is 0 Å². The standard InChI is InChI=1S/C26H18F2OS/c1-15-26(18-10-6-7-11-24(18)29-15)21-13-23(28)22(27)12-20(21)19-14-25(30-16(19)2)17-8-4-3-5-9-17/h3-14H,1-2H3. The third-order valence-corrected chi connectivity index (χ3v) is 6.47. The molecule has 0 spiro atoms. The zero-order valence-electron chi connectivity index (χ0n) is 16.5. The molecule has 0 aliphatic carbocycles. The molecule has 0 fully saturated rings. The molecule has 5 rings (SSSR count). The monoisotopic (exact) mass is 416 g/mol. The van der Waals surface area contributed by atoms with E-state index in [0.29, 0.717) is 16.9 Å². The highest BCUT2D eigenvalue weighted by Gasteiger charge is 2.21. The summed E-state index contributed by atoms with van der Waals surface area (Å²) in [7, 11) is 0. The average molecular weight is 416 g/mol. The Bertz CT molecular complexity index is 1380. The predicted molar refractivity (Wildman–Crippen MR) is 120 cm³/mol. The number of thiophene rings is 1. The van der Waals surface area contributed by atoms with Crippen LogP contribution >= 0.6 is 11.3 Å². The lowest BCUT2D eigenvalue weighted by Crippen LogP contribution is -1.92. The van der Waals surface area contributed by atoms with E-state index in [9.17, 15) is 8.78 Å². The number of aryl methyl sites for hydroxylation is 2. The van der Waals surface area contributed by atoms with Gasteiger partial charge in [-0.05, 0) is 60.4 Å². The van der Waals surface area contributed by atoms with Crippen LogP contribution in [-0.2, 0) is 0 Å². The molecule has 0 aliphatic rings. The summed E-state index contributed by atoms with van der Waals surface area (Å²) in [6.07, 6.45) is 0. The Morgan fingerprint density at radius 2 is 1.40 bits per heavy atom. The normalized spacial score (nSPS) is 11.3. The second-order valence-corrected chi connectivity index (χ2v) is 8.54. The average Bonchev–Trinajstić information content (AvgIpc) is 3.29. The molecule has 4 heteroatoms. The maximum atomic E-state index is 14.4. The molecule has 0 bridgehead atoms. The minimum atomic E-state index is -0.866. The van der Waals surface area contributed by atoms with Gasteiger partial charge in [0.2, 0.25) is 0 Å². The number of hydrogen-bond donors (Lipinski definition) is 0. The molecule has 0 saturated heterocycles. The second kappa shape index (κ2) is 7.22. The Morgan fingerprint density at radius 1 is 0.733 bits per heavy atom. The summed E-state index contributed by atoms with van der Waals surface area (Å²) in [5, 5.41) is 0.887. The molecule has 30 heavy (non-hydrogen) atoms. The highest BCUT2D eigenvalue weighted by Crippen LogP contribution is 2.44. The van der Waals surface area contributed by atoms with Crippen molar-refractivity contribution in [3.63, 3.8) is 0 Å². The van der Waals surface area contributed by atoms with Gasteiger partial charge in [-0.25, -0.2) is 8.78 Å². The molecular formula is C26H18F2OS. The summed E-state index contributed by atoms with van der Waals surface area (Å²) in [5.74, 6) is -1.04. The van der Waals surface area contributed by atoms with Crippen LogP contribution < -0.4 is 0 Å². The number of hydrogen-bond acceptors (Lipinski definition) is 2. The Hall–Kier alpha value is -3.24. The first kappa shape index (κ1) is 18.8. The fraction of sp³-hybridized carbons (Fsp3) is 0.0769. The van der Waals surface area contributed by atoms with Crippen LogP contribution in [0.5, 0.6) is 0 Å². The Labute approximate surface area is 177 Å². The van der Waals surface area contributed by atoms with Gasteiger partial charge in [0.15, 0.2) is 11.6 Å². The Kier molecular flexibility index (Phi) is 4.52. The predicted octanol–water partition coefficient (Wildman–Crippen LogP) is 8.39. The fourth-order valence-corrected chi connectivity index (χ4v) is 5.01. The molecule has 3 aromatic carbocycles. The van der Waals surface area contributed by atoms with E-state index in [-0.39, 0.29) is 0 Å². The van der Waals surface area contributed by atoms with E-state index in [1.165, 1.54) is 12.1 Å². The lowest BCUT2D eigenvalue weighted by molar-refractivity contribution is 0.509. The highest BCUT2D eigenvalue weighted by molar-refractivity contribution is 7.16. The topological polar surface area (TPSA) is 13.1 Å². The largest absolute Gasteiger partial charge is 0.461 e. The van der Waals surface area contributed by atoms with Gasteiger partial charge in [0.25, 0.3) is 0 Å². The summed E-state index contributed by atoms with van der Waals surface area (Å²) in [4.78, 5) is 2.14. The van der Waals surface area contributed by atoms with Gasteiger partial charge in [0.1, 0.15) is 11.3 Å². The zero-order valence-corrected chi connectivity index (χ0v) is 17.3. The first-order valence-corrected chi connectivity index (χ1v) is 10.5. The maximum Gasteiger partial charge on any atom is 0.159 e. The first-order valence-electron chi connectivity index (χ1n) is 9.66. The van der Waals surface area contributed by atoms with Crippen molar-refractivity contribution in [1.29, 1.82) is 0 Å². The van der Waals surface area contributed by atoms with Crippen molar-refractivity contribution in [2.45, 2.75) is 13.8 Å². The molecule has 148 valence electrons. The van der Waals surface area contributed by atoms with Gasteiger partial charge in [-0.15, -0.1) is 11.3 Å². The number of benzene rings is 3. The zero-order chi connectivity index (χ0) is 20.8. The van der Waals surface area contributed by atoms with Gasteiger partial charge in [0.05, 0.1) is 0 Å². The van der Waals surface area contributed by atoms with E-state index < -0.39 is 11.6 Å². The van der Waals surface area contributed by atoms with Crippen LogP contribution in [0, 0.1) is 25.5 Å². The summed E-state index contributed by atoms with van der Waals surface area (Å²) >= 11 is 1.65. The van der Waals surface area contributed by atoms with E-state index in [1.807, 2.05) is 56.3 Å². The van der Waals surface area contributed by atoms with Gasteiger partial charge in [-0.1, -0.05) is 48.5 Å². The molecule has 0 N–H and O–H groups in total. The van der Waals surface area contributed by atoms with Crippen LogP contribution in [-0.4, -0.2) is 0 Å². The summed E-state index contributed by atoms with van der Waals surface area (Å²) in [6, 6.07) is 22.4. The van der Waals surface area contributed by atoms with Crippen molar-refractivity contribution in [3.8, 4) is 32.7 Å². The van der Waals surface area contributed by atoms with E-state index in [0.717, 1.165) is 37.4 Å². The third-order valence-electron chi connectivity index (χ3n) is 5.37. The van der Waals surface area contributed by atoms with E-state index in [4.69, 9.17) is 4.42 Å². The van der Waals surface area contributed by atoms with Crippen molar-refractivity contribution in [1.82, 2.24) is 0 Å². The summed E-state index contributed by atoms with van der Waals surface area (Å²) < 4.78 is 34.6. The van der Waals surface area contributed by atoms with Crippen LogP contribution in [0.4, 0.5) is 8.78 Å². The molecule has 0 radical (unpaired) electrons. The molecule has 2 aromatic heterocycles. The molecule has 0 atom stereocenters. The van der Waals surface area contributed by atoms with E-state index in [2.05, 4.69) is 18.2 Å².